The second-order valence-electron chi connectivity index (χ2n) is 7.63. The second kappa shape index (κ2) is 11.3. The molecule has 0 saturated carbocycles. The number of carbonyl (C=O) groups excluding carboxylic acids is 1. The maximum absolute atomic E-state index is 12.7. The van der Waals surface area contributed by atoms with Crippen LogP contribution in [-0.2, 0) is 11.0 Å². The second-order valence-corrected chi connectivity index (χ2v) is 8.04. The molecule has 34 heavy (non-hydrogen) atoms. The number of nitrogens with zero attached hydrogens (tertiary/aromatic N) is 5. The summed E-state index contributed by atoms with van der Waals surface area (Å²) in [5, 5.41) is 3.64. The number of piperazine rings is 1. The van der Waals surface area contributed by atoms with Crippen LogP contribution in [0.5, 0.6) is 5.88 Å². The van der Waals surface area contributed by atoms with Crippen LogP contribution in [0.1, 0.15) is 11.4 Å². The van der Waals surface area contributed by atoms with Gasteiger partial charge in [0, 0.05) is 37.9 Å². The molecule has 0 spiro atoms. The van der Waals surface area contributed by atoms with Crippen molar-refractivity contribution in [2.24, 2.45) is 0 Å². The number of hydrogen-bond donors (Lipinski definition) is 0. The van der Waals surface area contributed by atoms with Gasteiger partial charge < -0.3 is 14.5 Å². The number of ether oxygens (including phenoxy) is 1. The number of para-hydroxylation sites is 1. The van der Waals surface area contributed by atoms with E-state index in [4.69, 9.17) is 16.3 Å². The lowest BCUT2D eigenvalue weighted by atomic mass is 10.3. The first-order valence-corrected chi connectivity index (χ1v) is 10.9. The van der Waals surface area contributed by atoms with Gasteiger partial charge in [0.15, 0.2) is 12.0 Å². The Morgan fingerprint density at radius 3 is 2.41 bits per heavy atom. The normalized spacial score (nSPS) is 14.4. The quantitative estimate of drug-likeness (QED) is 0.493. The van der Waals surface area contributed by atoms with Crippen molar-refractivity contribution < 1.29 is 22.7 Å². The monoisotopic (exact) mass is 495 g/mol. The molecule has 0 unspecified atom stereocenters. The van der Waals surface area contributed by atoms with Gasteiger partial charge in [-0.3, -0.25) is 4.79 Å². The van der Waals surface area contributed by atoms with Crippen LogP contribution in [0.15, 0.2) is 48.5 Å². The fourth-order valence-corrected chi connectivity index (χ4v) is 3.48. The Balaban J connectivity index is 0.000000202. The number of alkyl halides is 3. The van der Waals surface area contributed by atoms with Gasteiger partial charge in [0.2, 0.25) is 5.88 Å². The highest BCUT2D eigenvalue weighted by atomic mass is 35.5. The predicted molar refractivity (Wildman–Crippen MR) is 124 cm³/mol. The molecule has 2 aromatic heterocycles. The number of benzene rings is 1. The van der Waals surface area contributed by atoms with Gasteiger partial charge in [-0.15, -0.1) is 0 Å². The third-order valence-corrected chi connectivity index (χ3v) is 5.37. The zero-order chi connectivity index (χ0) is 24.7. The van der Waals surface area contributed by atoms with Crippen LogP contribution in [0.25, 0.3) is 5.69 Å². The van der Waals surface area contributed by atoms with E-state index in [1.165, 1.54) is 12.1 Å². The molecular weight excluding hydrogens is 471 g/mol. The van der Waals surface area contributed by atoms with Gasteiger partial charge in [0.1, 0.15) is 12.4 Å². The number of pyridine rings is 1. The lowest BCUT2D eigenvalue weighted by Gasteiger charge is -2.33. The van der Waals surface area contributed by atoms with Gasteiger partial charge in [0.05, 0.1) is 10.7 Å². The van der Waals surface area contributed by atoms with Crippen molar-refractivity contribution >= 4 is 23.7 Å². The number of likely N-dealkylation sites (N-methyl/N-ethyl adjacent to an activating group) is 1. The summed E-state index contributed by atoms with van der Waals surface area (Å²) in [4.78, 5) is 19.5. The van der Waals surface area contributed by atoms with Crippen molar-refractivity contribution in [3.8, 4) is 11.6 Å². The predicted octanol–water partition coefficient (Wildman–Crippen LogP) is 4.26. The van der Waals surface area contributed by atoms with Crippen molar-refractivity contribution in [3.05, 3.63) is 64.9 Å². The van der Waals surface area contributed by atoms with E-state index >= 15 is 0 Å². The van der Waals surface area contributed by atoms with Crippen molar-refractivity contribution in [3.63, 3.8) is 0 Å². The molecule has 0 aliphatic carbocycles. The van der Waals surface area contributed by atoms with E-state index in [0.717, 1.165) is 42.4 Å². The van der Waals surface area contributed by atoms with Crippen molar-refractivity contribution in [2.45, 2.75) is 13.1 Å². The molecule has 182 valence electrons. The Labute approximate surface area is 200 Å². The first kappa shape index (κ1) is 25.5. The Morgan fingerprint density at radius 2 is 1.79 bits per heavy atom. The molecule has 3 heterocycles. The molecule has 0 radical (unpaired) electrons. The first-order chi connectivity index (χ1) is 16.2. The van der Waals surface area contributed by atoms with E-state index < -0.39 is 11.9 Å². The standard InChI is InChI=1S/C12H8ClF3N2O2.C11H17N3/c13-8-3-1-2-4-9(8)18-11(20-6-5-19)7-10(17-18)12(14,15)16;1-10-4-3-5-11(12-10)14-8-6-13(2)7-9-14/h1-5,7H,6H2;3-5H,6-9H2,1-2H3. The summed E-state index contributed by atoms with van der Waals surface area (Å²) >= 11 is 5.92. The zero-order valence-corrected chi connectivity index (χ0v) is 19.6. The molecule has 1 fully saturated rings. The molecule has 0 atom stereocenters. The van der Waals surface area contributed by atoms with Crippen LogP contribution < -0.4 is 9.64 Å². The molecule has 0 bridgehead atoms. The lowest BCUT2D eigenvalue weighted by molar-refractivity contribution is -0.141. The molecule has 3 aromatic rings. The van der Waals surface area contributed by atoms with Crippen LogP contribution in [0.3, 0.4) is 0 Å². The smallest absolute Gasteiger partial charge is 0.435 e. The minimum atomic E-state index is -4.62. The van der Waals surface area contributed by atoms with Gasteiger partial charge in [-0.25, -0.2) is 4.98 Å². The number of carbonyl (C=O) groups is 1. The largest absolute Gasteiger partial charge is 0.470 e. The highest BCUT2D eigenvalue weighted by molar-refractivity contribution is 6.32. The van der Waals surface area contributed by atoms with E-state index in [0.29, 0.717) is 12.4 Å². The summed E-state index contributed by atoms with van der Waals surface area (Å²) in [5.41, 5.74) is 0.199. The highest BCUT2D eigenvalue weighted by Crippen LogP contribution is 2.33. The third kappa shape index (κ3) is 6.71. The minimum absolute atomic E-state index is 0.209. The number of anilines is 1. The van der Waals surface area contributed by atoms with Gasteiger partial charge in [-0.2, -0.15) is 23.0 Å². The number of hydrogen-bond acceptors (Lipinski definition) is 6. The molecule has 7 nitrogen and oxygen atoms in total. The average molecular weight is 496 g/mol. The molecule has 1 saturated heterocycles. The maximum atomic E-state index is 12.7. The molecule has 1 aliphatic rings. The highest BCUT2D eigenvalue weighted by Gasteiger charge is 2.35. The summed E-state index contributed by atoms with van der Waals surface area (Å²) in [6.07, 6.45) is -4.19. The number of aromatic nitrogens is 3. The Bertz CT molecular complexity index is 1100. The fourth-order valence-electron chi connectivity index (χ4n) is 3.26. The minimum Gasteiger partial charge on any atom is -0.470 e. The molecule has 1 aliphatic heterocycles. The SMILES string of the molecule is Cc1cccc(N2CCN(C)CC2)n1.O=CCOc1cc(C(F)(F)F)nn1-c1ccccc1Cl. The summed E-state index contributed by atoms with van der Waals surface area (Å²) in [6, 6.07) is 13.2. The first-order valence-electron chi connectivity index (χ1n) is 10.5. The molecule has 1 aromatic carbocycles. The Hall–Kier alpha value is -3.11. The number of aldehydes is 1. The van der Waals surface area contributed by atoms with Crippen LogP contribution in [0.4, 0.5) is 19.0 Å². The topological polar surface area (TPSA) is 63.5 Å². The lowest BCUT2D eigenvalue weighted by Crippen LogP contribution is -2.44. The maximum Gasteiger partial charge on any atom is 0.435 e. The van der Waals surface area contributed by atoms with Crippen molar-refractivity contribution in [2.75, 3.05) is 44.7 Å². The summed E-state index contributed by atoms with van der Waals surface area (Å²) in [5.74, 6) is 0.913. The van der Waals surface area contributed by atoms with Gasteiger partial charge in [-0.1, -0.05) is 29.8 Å². The van der Waals surface area contributed by atoms with Crippen LogP contribution in [0, 0.1) is 6.92 Å². The van der Waals surface area contributed by atoms with Crippen LogP contribution in [0.2, 0.25) is 5.02 Å². The van der Waals surface area contributed by atoms with Gasteiger partial charge >= 0.3 is 6.18 Å². The van der Waals surface area contributed by atoms with Crippen molar-refractivity contribution in [1.29, 1.82) is 0 Å². The molecular formula is C23H25ClF3N5O2. The van der Waals surface area contributed by atoms with E-state index in [1.54, 1.807) is 12.1 Å². The molecule has 0 N–H and O–H groups in total. The fraction of sp³-hybridized carbons (Fsp3) is 0.348. The van der Waals surface area contributed by atoms with Crippen molar-refractivity contribution in [1.82, 2.24) is 19.7 Å². The van der Waals surface area contributed by atoms with E-state index in [2.05, 4.69) is 39.1 Å². The van der Waals surface area contributed by atoms with Crippen LogP contribution in [-0.4, -0.2) is 65.8 Å². The molecule has 0 amide bonds. The summed E-state index contributed by atoms with van der Waals surface area (Å²) in [7, 11) is 2.17. The molecule has 4 rings (SSSR count). The molecule has 11 heteroatoms. The summed E-state index contributed by atoms with van der Waals surface area (Å²) in [6.45, 7) is 6.11. The van der Waals surface area contributed by atoms with E-state index in [-0.39, 0.29) is 23.2 Å². The Kier molecular flexibility index (Phi) is 8.51. The number of rotatable bonds is 5. The number of aryl methyl sites for hydroxylation is 1. The zero-order valence-electron chi connectivity index (χ0n) is 18.8. The average Bonchev–Trinajstić information content (AvgIpc) is 3.23. The van der Waals surface area contributed by atoms with E-state index in [1.807, 2.05) is 13.0 Å². The summed E-state index contributed by atoms with van der Waals surface area (Å²) < 4.78 is 43.9. The van der Waals surface area contributed by atoms with E-state index in [9.17, 15) is 18.0 Å². The Morgan fingerprint density at radius 1 is 1.09 bits per heavy atom. The third-order valence-electron chi connectivity index (χ3n) is 5.05. The van der Waals surface area contributed by atoms with Gasteiger partial charge in [0.25, 0.3) is 0 Å². The van der Waals surface area contributed by atoms with Crippen LogP contribution >= 0.6 is 11.6 Å². The van der Waals surface area contributed by atoms with Gasteiger partial charge in [-0.05, 0) is 38.2 Å². The number of halogens is 4.